The van der Waals surface area contributed by atoms with Crippen LogP contribution in [0, 0.1) is 6.92 Å². The zero-order chi connectivity index (χ0) is 19.9. The molecule has 0 bridgehead atoms. The van der Waals surface area contributed by atoms with Crippen molar-refractivity contribution in [3.05, 3.63) is 47.3 Å². The van der Waals surface area contributed by atoms with Crippen molar-refractivity contribution in [1.29, 1.82) is 0 Å². The van der Waals surface area contributed by atoms with Gasteiger partial charge in [-0.3, -0.25) is 14.5 Å². The third-order valence-corrected chi connectivity index (χ3v) is 5.71. The molecule has 6 nitrogen and oxygen atoms in total. The van der Waals surface area contributed by atoms with Crippen molar-refractivity contribution in [3.63, 3.8) is 0 Å². The molecule has 2 heterocycles. The van der Waals surface area contributed by atoms with Crippen LogP contribution in [0.4, 0.5) is 0 Å². The average molecular weight is 387 g/mol. The Bertz CT molecular complexity index is 746. The first-order chi connectivity index (χ1) is 13.6. The lowest BCUT2D eigenvalue weighted by atomic mass is 10.1. The van der Waals surface area contributed by atoms with Crippen molar-refractivity contribution in [2.24, 2.45) is 0 Å². The molecule has 1 aromatic heterocycles. The van der Waals surface area contributed by atoms with E-state index in [-0.39, 0.29) is 6.61 Å². The van der Waals surface area contributed by atoms with Gasteiger partial charge in [-0.05, 0) is 37.5 Å². The van der Waals surface area contributed by atoms with Crippen LogP contribution in [0.5, 0.6) is 5.75 Å². The lowest BCUT2D eigenvalue weighted by molar-refractivity contribution is 0.0498. The number of hydrogen-bond acceptors (Lipinski definition) is 5. The maximum atomic E-state index is 9.59. The smallest absolute Gasteiger partial charge is 0.119 e. The van der Waals surface area contributed by atoms with Crippen molar-refractivity contribution < 1.29 is 9.84 Å². The number of hydrogen-bond donors (Lipinski definition) is 1. The highest BCUT2D eigenvalue weighted by Gasteiger charge is 2.27. The molecule has 1 aromatic carbocycles. The molecule has 0 spiro atoms. The van der Waals surface area contributed by atoms with Gasteiger partial charge in [-0.25, -0.2) is 0 Å². The monoisotopic (exact) mass is 386 g/mol. The number of aliphatic hydroxyl groups is 1. The molecule has 3 rings (SSSR count). The maximum absolute atomic E-state index is 9.59. The Morgan fingerprint density at radius 2 is 2.11 bits per heavy atom. The Morgan fingerprint density at radius 1 is 1.25 bits per heavy atom. The fraction of sp³-hybridized carbons (Fsp3) is 0.591. The largest absolute Gasteiger partial charge is 0.497 e. The molecule has 1 N–H and O–H groups in total. The van der Waals surface area contributed by atoms with E-state index in [4.69, 9.17) is 4.74 Å². The molecule has 28 heavy (non-hydrogen) atoms. The molecular weight excluding hydrogens is 352 g/mol. The Kier molecular flexibility index (Phi) is 7.48. The number of rotatable bonds is 9. The van der Waals surface area contributed by atoms with Crippen LogP contribution in [-0.2, 0) is 19.6 Å². The molecule has 0 saturated carbocycles. The topological polar surface area (TPSA) is 53.8 Å². The number of aliphatic hydroxyl groups excluding tert-OH is 1. The van der Waals surface area contributed by atoms with Gasteiger partial charge in [-0.1, -0.05) is 19.1 Å². The highest BCUT2D eigenvalue weighted by Crippen LogP contribution is 2.21. The van der Waals surface area contributed by atoms with Gasteiger partial charge in [0.05, 0.1) is 13.3 Å². The van der Waals surface area contributed by atoms with E-state index < -0.39 is 0 Å². The summed E-state index contributed by atoms with van der Waals surface area (Å²) in [6.45, 7) is 10.4. The number of benzene rings is 1. The van der Waals surface area contributed by atoms with Gasteiger partial charge in [0, 0.05) is 63.2 Å². The molecule has 2 aromatic rings. The molecule has 0 amide bonds. The van der Waals surface area contributed by atoms with Gasteiger partial charge in [-0.2, -0.15) is 5.10 Å². The molecule has 6 heteroatoms. The molecule has 1 unspecified atom stereocenters. The third kappa shape index (κ3) is 5.13. The molecule has 154 valence electrons. The van der Waals surface area contributed by atoms with Crippen molar-refractivity contribution >= 4 is 0 Å². The van der Waals surface area contributed by atoms with Gasteiger partial charge < -0.3 is 9.84 Å². The summed E-state index contributed by atoms with van der Waals surface area (Å²) in [4.78, 5) is 5.00. The standard InChI is InChI=1S/C22H34N4O2/c1-4-9-26-18(2)20(14-23-26)16-24-10-11-25(21(17-24)8-12-27)15-19-6-5-7-22(13-19)28-3/h5-7,13-14,21,27H,4,8-12,15-17H2,1-3H3. The number of piperazine rings is 1. The molecular formula is C22H34N4O2. The summed E-state index contributed by atoms with van der Waals surface area (Å²) in [5.41, 5.74) is 3.85. The second-order valence-corrected chi connectivity index (χ2v) is 7.70. The van der Waals surface area contributed by atoms with E-state index in [0.29, 0.717) is 6.04 Å². The Hall–Kier alpha value is -1.89. The van der Waals surface area contributed by atoms with Crippen LogP contribution in [0.1, 0.15) is 36.6 Å². The number of ether oxygens (including phenoxy) is 1. The van der Waals surface area contributed by atoms with Gasteiger partial charge in [-0.15, -0.1) is 0 Å². The summed E-state index contributed by atoms with van der Waals surface area (Å²) in [5.74, 6) is 0.898. The summed E-state index contributed by atoms with van der Waals surface area (Å²) in [5, 5.41) is 14.1. The SMILES string of the molecule is CCCn1ncc(CN2CCN(Cc3cccc(OC)c3)C(CCO)C2)c1C. The number of aryl methyl sites for hydroxylation is 1. The Balaban J connectivity index is 1.63. The first-order valence-electron chi connectivity index (χ1n) is 10.4. The van der Waals surface area contributed by atoms with Crippen LogP contribution in [-0.4, -0.2) is 64.1 Å². The fourth-order valence-corrected chi connectivity index (χ4v) is 4.06. The van der Waals surface area contributed by atoms with E-state index in [1.807, 2.05) is 18.3 Å². The van der Waals surface area contributed by atoms with Gasteiger partial charge in [0.2, 0.25) is 0 Å². The van der Waals surface area contributed by atoms with Crippen molar-refractivity contribution in [2.75, 3.05) is 33.4 Å². The van der Waals surface area contributed by atoms with Gasteiger partial charge in [0.25, 0.3) is 0 Å². The van der Waals surface area contributed by atoms with E-state index in [0.717, 1.165) is 57.9 Å². The predicted molar refractivity (Wildman–Crippen MR) is 111 cm³/mol. The Labute approximate surface area is 168 Å². The van der Waals surface area contributed by atoms with Crippen LogP contribution in [0.15, 0.2) is 30.5 Å². The third-order valence-electron chi connectivity index (χ3n) is 5.71. The second kappa shape index (κ2) is 10.0. The summed E-state index contributed by atoms with van der Waals surface area (Å²) in [6.07, 6.45) is 3.92. The van der Waals surface area contributed by atoms with Crippen LogP contribution >= 0.6 is 0 Å². The van der Waals surface area contributed by atoms with Crippen LogP contribution in [0.3, 0.4) is 0 Å². The molecule has 1 saturated heterocycles. The van der Waals surface area contributed by atoms with Gasteiger partial charge in [0.1, 0.15) is 5.75 Å². The van der Waals surface area contributed by atoms with Crippen molar-refractivity contribution in [3.8, 4) is 5.75 Å². The predicted octanol–water partition coefficient (Wildman–Crippen LogP) is 2.68. The Morgan fingerprint density at radius 3 is 2.86 bits per heavy atom. The van der Waals surface area contributed by atoms with E-state index in [2.05, 4.69) is 45.6 Å². The molecule has 0 aliphatic carbocycles. The molecule has 0 radical (unpaired) electrons. The van der Waals surface area contributed by atoms with Gasteiger partial charge in [0.15, 0.2) is 0 Å². The minimum atomic E-state index is 0.223. The normalized spacial score (nSPS) is 18.5. The zero-order valence-electron chi connectivity index (χ0n) is 17.5. The lowest BCUT2D eigenvalue weighted by Gasteiger charge is -2.41. The quantitative estimate of drug-likeness (QED) is 0.718. The van der Waals surface area contributed by atoms with Crippen LogP contribution in [0.25, 0.3) is 0 Å². The summed E-state index contributed by atoms with van der Waals surface area (Å²) < 4.78 is 7.47. The molecule has 1 aliphatic heterocycles. The maximum Gasteiger partial charge on any atom is 0.119 e. The molecule has 1 aliphatic rings. The van der Waals surface area contributed by atoms with Crippen molar-refractivity contribution in [2.45, 2.75) is 52.4 Å². The first kappa shape index (κ1) is 20.8. The average Bonchev–Trinajstić information content (AvgIpc) is 3.04. The lowest BCUT2D eigenvalue weighted by Crippen LogP contribution is -2.52. The number of aromatic nitrogens is 2. The number of methoxy groups -OCH3 is 1. The highest BCUT2D eigenvalue weighted by molar-refractivity contribution is 5.28. The second-order valence-electron chi connectivity index (χ2n) is 7.70. The van der Waals surface area contributed by atoms with E-state index in [1.165, 1.54) is 16.8 Å². The fourth-order valence-electron chi connectivity index (χ4n) is 4.06. The zero-order valence-corrected chi connectivity index (χ0v) is 17.5. The number of nitrogens with zero attached hydrogens (tertiary/aromatic N) is 4. The molecule has 1 atom stereocenters. The molecule has 1 fully saturated rings. The van der Waals surface area contributed by atoms with Crippen molar-refractivity contribution in [1.82, 2.24) is 19.6 Å². The van der Waals surface area contributed by atoms with Gasteiger partial charge >= 0.3 is 0 Å². The van der Waals surface area contributed by atoms with E-state index >= 15 is 0 Å². The first-order valence-corrected chi connectivity index (χ1v) is 10.4. The van der Waals surface area contributed by atoms with Crippen LogP contribution < -0.4 is 4.74 Å². The van der Waals surface area contributed by atoms with E-state index in [9.17, 15) is 5.11 Å². The van der Waals surface area contributed by atoms with Crippen LogP contribution in [0.2, 0.25) is 0 Å². The minimum Gasteiger partial charge on any atom is -0.497 e. The summed E-state index contributed by atoms with van der Waals surface area (Å²) in [6, 6.07) is 8.64. The highest BCUT2D eigenvalue weighted by atomic mass is 16.5. The summed E-state index contributed by atoms with van der Waals surface area (Å²) in [7, 11) is 1.71. The summed E-state index contributed by atoms with van der Waals surface area (Å²) >= 11 is 0. The minimum absolute atomic E-state index is 0.223. The van der Waals surface area contributed by atoms with E-state index in [1.54, 1.807) is 7.11 Å².